The Labute approximate surface area is 108 Å². The molecule has 2 aliphatic rings. The third-order valence-electron chi connectivity index (χ3n) is 4.37. The fourth-order valence-electron chi connectivity index (χ4n) is 2.82. The highest BCUT2D eigenvalue weighted by Gasteiger charge is 2.40. The van der Waals surface area contributed by atoms with Crippen molar-refractivity contribution in [2.24, 2.45) is 5.41 Å². The Bertz CT molecular complexity index is 336. The Balaban J connectivity index is 2.00. The Kier molecular flexibility index (Phi) is 3.49. The molecule has 1 heterocycles. The summed E-state index contributed by atoms with van der Waals surface area (Å²) in [6.07, 6.45) is 4.77. The van der Waals surface area contributed by atoms with E-state index in [0.717, 1.165) is 12.8 Å². The first-order valence-corrected chi connectivity index (χ1v) is 6.87. The number of hydrogen-bond donors (Lipinski definition) is 1. The lowest BCUT2D eigenvalue weighted by Crippen LogP contribution is -2.51. The number of carbonyl (C=O) groups excluding carboxylic acids is 2. The SMILES string of the molecule is CC1(C)CCC(O)(CN2C(=O)CCCC2=O)CC1. The van der Waals surface area contributed by atoms with Crippen molar-refractivity contribution in [3.63, 3.8) is 0 Å². The molecule has 1 N–H and O–H groups in total. The van der Waals surface area contributed by atoms with Crippen LogP contribution in [-0.4, -0.2) is 34.0 Å². The van der Waals surface area contributed by atoms with Crippen LogP contribution in [0.3, 0.4) is 0 Å². The Morgan fingerprint density at radius 3 is 2.06 bits per heavy atom. The highest BCUT2D eigenvalue weighted by molar-refractivity contribution is 5.97. The molecule has 4 nitrogen and oxygen atoms in total. The smallest absolute Gasteiger partial charge is 0.229 e. The lowest BCUT2D eigenvalue weighted by molar-refractivity contribution is -0.154. The van der Waals surface area contributed by atoms with Crippen LogP contribution in [0.2, 0.25) is 0 Å². The van der Waals surface area contributed by atoms with E-state index in [1.807, 2.05) is 0 Å². The van der Waals surface area contributed by atoms with Crippen LogP contribution in [0.4, 0.5) is 0 Å². The first-order chi connectivity index (χ1) is 8.31. The molecular weight excluding hydrogens is 230 g/mol. The molecule has 1 saturated carbocycles. The zero-order valence-corrected chi connectivity index (χ0v) is 11.4. The summed E-state index contributed by atoms with van der Waals surface area (Å²) in [5.41, 5.74) is -0.597. The van der Waals surface area contributed by atoms with E-state index in [1.165, 1.54) is 4.90 Å². The molecule has 0 aromatic carbocycles. The van der Waals surface area contributed by atoms with Crippen LogP contribution in [0.25, 0.3) is 0 Å². The van der Waals surface area contributed by atoms with Gasteiger partial charge in [0.05, 0.1) is 12.1 Å². The predicted octanol–water partition coefficient (Wildman–Crippen LogP) is 1.86. The fourth-order valence-corrected chi connectivity index (χ4v) is 2.82. The first kappa shape index (κ1) is 13.5. The molecule has 0 atom stereocenters. The summed E-state index contributed by atoms with van der Waals surface area (Å²) in [5, 5.41) is 10.5. The number of amides is 2. The van der Waals surface area contributed by atoms with Crippen molar-refractivity contribution in [1.82, 2.24) is 4.90 Å². The van der Waals surface area contributed by atoms with E-state index < -0.39 is 5.60 Å². The van der Waals surface area contributed by atoms with Crippen molar-refractivity contribution in [3.8, 4) is 0 Å². The fraction of sp³-hybridized carbons (Fsp3) is 0.857. The summed E-state index contributed by atoms with van der Waals surface area (Å²) in [6, 6.07) is 0. The van der Waals surface area contributed by atoms with Crippen LogP contribution in [0, 0.1) is 5.41 Å². The molecule has 0 spiro atoms. The lowest BCUT2D eigenvalue weighted by Gasteiger charge is -2.42. The van der Waals surface area contributed by atoms with E-state index in [-0.39, 0.29) is 23.8 Å². The van der Waals surface area contributed by atoms with Gasteiger partial charge in [0, 0.05) is 12.8 Å². The maximum absolute atomic E-state index is 11.7. The number of carbonyl (C=O) groups is 2. The number of hydrogen-bond acceptors (Lipinski definition) is 3. The molecule has 4 heteroatoms. The van der Waals surface area contributed by atoms with E-state index in [0.29, 0.717) is 32.1 Å². The zero-order chi connectivity index (χ0) is 13.4. The summed E-state index contributed by atoms with van der Waals surface area (Å²) in [4.78, 5) is 24.8. The molecule has 0 unspecified atom stereocenters. The van der Waals surface area contributed by atoms with Gasteiger partial charge in [-0.2, -0.15) is 0 Å². The van der Waals surface area contributed by atoms with Crippen LogP contribution in [0.5, 0.6) is 0 Å². The molecule has 0 bridgehead atoms. The van der Waals surface area contributed by atoms with Gasteiger partial charge >= 0.3 is 0 Å². The molecule has 2 amide bonds. The molecule has 18 heavy (non-hydrogen) atoms. The van der Waals surface area contributed by atoms with Gasteiger partial charge in [0.25, 0.3) is 0 Å². The summed E-state index contributed by atoms with van der Waals surface area (Å²) in [6.45, 7) is 4.59. The lowest BCUT2D eigenvalue weighted by atomic mass is 9.71. The largest absolute Gasteiger partial charge is 0.388 e. The molecule has 1 aliphatic heterocycles. The second-order valence-electron chi connectivity index (χ2n) is 6.62. The normalized spacial score (nSPS) is 27.4. The molecule has 0 aromatic rings. The number of aliphatic hydroxyl groups is 1. The Morgan fingerprint density at radius 2 is 1.56 bits per heavy atom. The van der Waals surface area contributed by atoms with Gasteiger partial charge < -0.3 is 5.11 Å². The van der Waals surface area contributed by atoms with E-state index in [1.54, 1.807) is 0 Å². The summed E-state index contributed by atoms with van der Waals surface area (Å²) < 4.78 is 0. The van der Waals surface area contributed by atoms with Crippen LogP contribution in [0.1, 0.15) is 58.8 Å². The Hall–Kier alpha value is -0.900. The van der Waals surface area contributed by atoms with Crippen molar-refractivity contribution in [3.05, 3.63) is 0 Å². The molecule has 0 radical (unpaired) electrons. The monoisotopic (exact) mass is 253 g/mol. The molecule has 2 fully saturated rings. The van der Waals surface area contributed by atoms with E-state index >= 15 is 0 Å². The van der Waals surface area contributed by atoms with E-state index in [4.69, 9.17) is 0 Å². The van der Waals surface area contributed by atoms with Crippen molar-refractivity contribution in [2.45, 2.75) is 64.4 Å². The number of rotatable bonds is 2. The topological polar surface area (TPSA) is 57.6 Å². The zero-order valence-electron chi connectivity index (χ0n) is 11.4. The van der Waals surface area contributed by atoms with Gasteiger partial charge in [-0.3, -0.25) is 14.5 Å². The minimum atomic E-state index is -0.863. The van der Waals surface area contributed by atoms with Gasteiger partial charge in [0.15, 0.2) is 0 Å². The quantitative estimate of drug-likeness (QED) is 0.764. The summed E-state index contributed by atoms with van der Waals surface area (Å²) in [7, 11) is 0. The van der Waals surface area contributed by atoms with Gasteiger partial charge in [-0.1, -0.05) is 13.8 Å². The second-order valence-corrected chi connectivity index (χ2v) is 6.62. The molecule has 1 aliphatic carbocycles. The number of β-amino-alcohol motifs (C(OH)–C–C–N with tert-alkyl or cyclic N) is 1. The minimum Gasteiger partial charge on any atom is -0.388 e. The second kappa shape index (κ2) is 4.65. The standard InChI is InChI=1S/C14H23NO3/c1-13(2)6-8-14(18,9-7-13)10-15-11(16)4-3-5-12(15)17/h18H,3-10H2,1-2H3. The maximum Gasteiger partial charge on any atom is 0.229 e. The highest BCUT2D eigenvalue weighted by Crippen LogP contribution is 2.40. The first-order valence-electron chi connectivity index (χ1n) is 6.87. The van der Waals surface area contributed by atoms with Crippen molar-refractivity contribution in [1.29, 1.82) is 0 Å². The van der Waals surface area contributed by atoms with Gasteiger partial charge in [0.1, 0.15) is 0 Å². The predicted molar refractivity (Wildman–Crippen MR) is 67.8 cm³/mol. The number of piperidine rings is 1. The number of imide groups is 1. The average molecular weight is 253 g/mol. The third kappa shape index (κ3) is 2.91. The van der Waals surface area contributed by atoms with Crippen LogP contribution >= 0.6 is 0 Å². The molecular formula is C14H23NO3. The number of likely N-dealkylation sites (tertiary alicyclic amines) is 1. The van der Waals surface area contributed by atoms with Crippen molar-refractivity contribution >= 4 is 11.8 Å². The van der Waals surface area contributed by atoms with Crippen LogP contribution < -0.4 is 0 Å². The van der Waals surface area contributed by atoms with E-state index in [2.05, 4.69) is 13.8 Å². The van der Waals surface area contributed by atoms with E-state index in [9.17, 15) is 14.7 Å². The van der Waals surface area contributed by atoms with Crippen molar-refractivity contribution in [2.75, 3.05) is 6.54 Å². The minimum absolute atomic E-state index is 0.121. The summed E-state index contributed by atoms with van der Waals surface area (Å²) >= 11 is 0. The van der Waals surface area contributed by atoms with Crippen LogP contribution in [-0.2, 0) is 9.59 Å². The summed E-state index contributed by atoms with van der Waals surface area (Å²) in [5.74, 6) is -0.242. The number of nitrogens with zero attached hydrogens (tertiary/aromatic N) is 1. The average Bonchev–Trinajstić information content (AvgIpc) is 2.29. The van der Waals surface area contributed by atoms with Gasteiger partial charge in [-0.15, -0.1) is 0 Å². The third-order valence-corrected chi connectivity index (χ3v) is 4.37. The highest BCUT2D eigenvalue weighted by atomic mass is 16.3. The van der Waals surface area contributed by atoms with Gasteiger partial charge in [-0.25, -0.2) is 0 Å². The molecule has 0 aromatic heterocycles. The van der Waals surface area contributed by atoms with Crippen LogP contribution in [0.15, 0.2) is 0 Å². The van der Waals surface area contributed by atoms with Gasteiger partial charge in [0.2, 0.25) is 11.8 Å². The Morgan fingerprint density at radius 1 is 1.06 bits per heavy atom. The molecule has 1 saturated heterocycles. The molecule has 2 rings (SSSR count). The van der Waals surface area contributed by atoms with Crippen molar-refractivity contribution < 1.29 is 14.7 Å². The van der Waals surface area contributed by atoms with Gasteiger partial charge in [-0.05, 0) is 37.5 Å². The maximum atomic E-state index is 11.7. The molecule has 102 valence electrons.